The molecule has 0 radical (unpaired) electrons. The summed E-state index contributed by atoms with van der Waals surface area (Å²) in [5.74, 6) is 0.202. The van der Waals surface area contributed by atoms with E-state index in [-0.39, 0.29) is 17.2 Å². The van der Waals surface area contributed by atoms with Gasteiger partial charge in [-0.1, -0.05) is 27.7 Å². The van der Waals surface area contributed by atoms with Crippen molar-refractivity contribution >= 4 is 10.0 Å². The lowest BCUT2D eigenvalue weighted by molar-refractivity contribution is 0.332. The van der Waals surface area contributed by atoms with E-state index in [1.54, 1.807) is 0 Å². The normalized spacial score (nSPS) is 26.2. The van der Waals surface area contributed by atoms with Crippen LogP contribution in [0.5, 0.6) is 0 Å². The molecule has 1 saturated carbocycles. The molecule has 0 atom stereocenters. The fourth-order valence-corrected chi connectivity index (χ4v) is 4.54. The minimum absolute atomic E-state index is 0.132. The molecule has 0 spiro atoms. The molecule has 1 aliphatic rings. The second-order valence-corrected chi connectivity index (χ2v) is 8.30. The van der Waals surface area contributed by atoms with Gasteiger partial charge in [0, 0.05) is 12.1 Å². The predicted molar refractivity (Wildman–Crippen MR) is 76.1 cm³/mol. The topological polar surface area (TPSA) is 58.2 Å². The Balaban J connectivity index is 2.41. The summed E-state index contributed by atoms with van der Waals surface area (Å²) in [5, 5.41) is 3.43. The van der Waals surface area contributed by atoms with Gasteiger partial charge in [0.2, 0.25) is 10.0 Å². The van der Waals surface area contributed by atoms with Crippen LogP contribution in [0, 0.1) is 5.41 Å². The van der Waals surface area contributed by atoms with E-state index in [9.17, 15) is 8.42 Å². The minimum atomic E-state index is -3.14. The molecule has 0 amide bonds. The van der Waals surface area contributed by atoms with Gasteiger partial charge < -0.3 is 5.32 Å². The van der Waals surface area contributed by atoms with E-state index in [1.807, 2.05) is 20.8 Å². The quantitative estimate of drug-likeness (QED) is 0.806. The molecule has 0 bridgehead atoms. The Bertz CT molecular complexity index is 338. The molecule has 0 heterocycles. The van der Waals surface area contributed by atoms with Gasteiger partial charge in [-0.2, -0.15) is 0 Å². The highest BCUT2D eigenvalue weighted by molar-refractivity contribution is 7.89. The van der Waals surface area contributed by atoms with E-state index >= 15 is 0 Å². The van der Waals surface area contributed by atoms with Crippen LogP contribution in [0.25, 0.3) is 0 Å². The van der Waals surface area contributed by atoms with Crippen molar-refractivity contribution in [2.24, 2.45) is 5.41 Å². The lowest BCUT2D eigenvalue weighted by atomic mass is 9.92. The van der Waals surface area contributed by atoms with Crippen LogP contribution in [0.3, 0.4) is 0 Å². The summed E-state index contributed by atoms with van der Waals surface area (Å²) >= 11 is 0. The average molecular weight is 276 g/mol. The third-order valence-electron chi connectivity index (χ3n) is 3.19. The molecule has 0 aliphatic heterocycles. The SMILES string of the molecule is CCNC1CCC(NS(=O)(=O)CC(C)(C)C)CC1. The second-order valence-electron chi connectivity index (χ2n) is 6.54. The Morgan fingerprint density at radius 1 is 1.06 bits per heavy atom. The number of hydrogen-bond donors (Lipinski definition) is 2. The largest absolute Gasteiger partial charge is 0.314 e. The summed E-state index contributed by atoms with van der Waals surface area (Å²) in [7, 11) is -3.14. The molecule has 18 heavy (non-hydrogen) atoms. The lowest BCUT2D eigenvalue weighted by Gasteiger charge is -2.30. The number of rotatable bonds is 5. The van der Waals surface area contributed by atoms with Crippen LogP contribution >= 0.6 is 0 Å². The monoisotopic (exact) mass is 276 g/mol. The Labute approximate surface area is 112 Å². The smallest absolute Gasteiger partial charge is 0.212 e. The van der Waals surface area contributed by atoms with Gasteiger partial charge >= 0.3 is 0 Å². The molecule has 5 heteroatoms. The van der Waals surface area contributed by atoms with Crippen molar-refractivity contribution < 1.29 is 8.42 Å². The van der Waals surface area contributed by atoms with Crippen molar-refractivity contribution in [3.63, 3.8) is 0 Å². The van der Waals surface area contributed by atoms with Crippen LogP contribution in [-0.2, 0) is 10.0 Å². The van der Waals surface area contributed by atoms with Crippen molar-refractivity contribution in [2.45, 2.75) is 65.5 Å². The molecule has 0 unspecified atom stereocenters. The van der Waals surface area contributed by atoms with E-state index < -0.39 is 10.0 Å². The minimum Gasteiger partial charge on any atom is -0.314 e. The van der Waals surface area contributed by atoms with E-state index in [4.69, 9.17) is 0 Å². The molecule has 108 valence electrons. The Kier molecular flexibility index (Phi) is 5.62. The molecule has 0 saturated heterocycles. The first kappa shape index (κ1) is 15.9. The van der Waals surface area contributed by atoms with Crippen LogP contribution in [0.15, 0.2) is 0 Å². The molecule has 1 aliphatic carbocycles. The Morgan fingerprint density at radius 3 is 2.00 bits per heavy atom. The number of nitrogens with one attached hydrogen (secondary N) is 2. The molecule has 0 aromatic heterocycles. The zero-order chi connectivity index (χ0) is 13.8. The third-order valence-corrected chi connectivity index (χ3v) is 5.13. The second kappa shape index (κ2) is 6.35. The highest BCUT2D eigenvalue weighted by Crippen LogP contribution is 2.21. The fraction of sp³-hybridized carbons (Fsp3) is 1.00. The van der Waals surface area contributed by atoms with Crippen LogP contribution < -0.4 is 10.0 Å². The average Bonchev–Trinajstić information content (AvgIpc) is 2.17. The zero-order valence-electron chi connectivity index (χ0n) is 12.1. The van der Waals surface area contributed by atoms with Crippen LogP contribution in [0.4, 0.5) is 0 Å². The van der Waals surface area contributed by atoms with Crippen molar-refractivity contribution in [2.75, 3.05) is 12.3 Å². The Hall–Kier alpha value is -0.130. The van der Waals surface area contributed by atoms with Gasteiger partial charge in [0.1, 0.15) is 0 Å². The van der Waals surface area contributed by atoms with E-state index in [1.165, 1.54) is 0 Å². The van der Waals surface area contributed by atoms with Gasteiger partial charge in [-0.15, -0.1) is 0 Å². The summed E-state index contributed by atoms with van der Waals surface area (Å²) in [5.41, 5.74) is -0.188. The van der Waals surface area contributed by atoms with Gasteiger partial charge in [0.25, 0.3) is 0 Å². The first-order valence-electron chi connectivity index (χ1n) is 6.95. The number of sulfonamides is 1. The van der Waals surface area contributed by atoms with Gasteiger partial charge in [-0.25, -0.2) is 13.1 Å². The van der Waals surface area contributed by atoms with E-state index in [0.29, 0.717) is 6.04 Å². The maximum Gasteiger partial charge on any atom is 0.212 e. The standard InChI is InChI=1S/C13H28N2O2S/c1-5-14-11-6-8-12(9-7-11)15-18(16,17)10-13(2,3)4/h11-12,14-15H,5-10H2,1-4H3. The predicted octanol–water partition coefficient (Wildman–Crippen LogP) is 1.87. The highest BCUT2D eigenvalue weighted by atomic mass is 32.2. The summed E-state index contributed by atoms with van der Waals surface area (Å²) in [6.45, 7) is 8.96. The van der Waals surface area contributed by atoms with Crippen LogP contribution in [0.1, 0.15) is 53.4 Å². The van der Waals surface area contributed by atoms with E-state index in [0.717, 1.165) is 32.2 Å². The summed E-state index contributed by atoms with van der Waals surface area (Å²) in [6, 6.07) is 0.700. The highest BCUT2D eigenvalue weighted by Gasteiger charge is 2.27. The zero-order valence-corrected chi connectivity index (χ0v) is 12.9. The third kappa shape index (κ3) is 6.16. The summed E-state index contributed by atoms with van der Waals surface area (Å²) in [6.07, 6.45) is 4.02. The van der Waals surface area contributed by atoms with Crippen molar-refractivity contribution in [1.82, 2.24) is 10.0 Å². The van der Waals surface area contributed by atoms with Crippen LogP contribution in [-0.4, -0.2) is 32.8 Å². The molecule has 2 N–H and O–H groups in total. The molecule has 4 nitrogen and oxygen atoms in total. The van der Waals surface area contributed by atoms with Crippen molar-refractivity contribution in [3.05, 3.63) is 0 Å². The maximum absolute atomic E-state index is 12.0. The van der Waals surface area contributed by atoms with Gasteiger partial charge in [0.15, 0.2) is 0 Å². The van der Waals surface area contributed by atoms with Crippen LogP contribution in [0.2, 0.25) is 0 Å². The maximum atomic E-state index is 12.0. The fourth-order valence-electron chi connectivity index (χ4n) is 2.57. The first-order valence-corrected chi connectivity index (χ1v) is 8.60. The molecule has 1 rings (SSSR count). The van der Waals surface area contributed by atoms with Crippen molar-refractivity contribution in [3.8, 4) is 0 Å². The van der Waals surface area contributed by atoms with Crippen molar-refractivity contribution in [1.29, 1.82) is 0 Å². The first-order chi connectivity index (χ1) is 8.22. The molecule has 1 fully saturated rings. The lowest BCUT2D eigenvalue weighted by Crippen LogP contribution is -2.44. The summed E-state index contributed by atoms with van der Waals surface area (Å²) in [4.78, 5) is 0. The van der Waals surface area contributed by atoms with Gasteiger partial charge in [-0.3, -0.25) is 0 Å². The Morgan fingerprint density at radius 2 is 1.56 bits per heavy atom. The molecule has 0 aromatic rings. The number of hydrogen-bond acceptors (Lipinski definition) is 3. The van der Waals surface area contributed by atoms with Gasteiger partial charge in [-0.05, 0) is 37.6 Å². The molecular formula is C13H28N2O2S. The van der Waals surface area contributed by atoms with E-state index in [2.05, 4.69) is 17.0 Å². The molecular weight excluding hydrogens is 248 g/mol. The summed E-state index contributed by atoms with van der Waals surface area (Å²) < 4.78 is 26.8. The van der Waals surface area contributed by atoms with Gasteiger partial charge in [0.05, 0.1) is 5.75 Å². The molecule has 0 aromatic carbocycles.